The Morgan fingerprint density at radius 2 is 1.96 bits per heavy atom. The second kappa shape index (κ2) is 8.78. The molecule has 6 heteroatoms. The fourth-order valence-corrected chi connectivity index (χ4v) is 3.66. The summed E-state index contributed by atoms with van der Waals surface area (Å²) in [5.41, 5.74) is 2.46. The zero-order chi connectivity index (χ0) is 20.1. The lowest BCUT2D eigenvalue weighted by Crippen LogP contribution is -2.48. The fraction of sp³-hybridized carbons (Fsp3) is 0.318. The van der Waals surface area contributed by atoms with Crippen molar-refractivity contribution in [2.45, 2.75) is 44.8 Å². The summed E-state index contributed by atoms with van der Waals surface area (Å²) >= 11 is 0. The summed E-state index contributed by atoms with van der Waals surface area (Å²) in [7, 11) is 0. The fourth-order valence-electron chi connectivity index (χ4n) is 3.66. The highest BCUT2D eigenvalue weighted by atomic mass is 19.1. The molecule has 0 fully saturated rings. The molecule has 0 unspecified atom stereocenters. The number of carbonyl (C=O) groups is 1. The molecular weight excluding hydrogens is 355 g/mol. The van der Waals surface area contributed by atoms with E-state index in [0.29, 0.717) is 25.1 Å². The number of hydrogen-bond acceptors (Lipinski definition) is 3. The number of amides is 1. The van der Waals surface area contributed by atoms with Crippen LogP contribution in [0.5, 0.6) is 0 Å². The maximum Gasteiger partial charge on any atom is 0.276 e. The van der Waals surface area contributed by atoms with Crippen LogP contribution in [-0.4, -0.2) is 37.9 Å². The van der Waals surface area contributed by atoms with E-state index in [0.717, 1.165) is 12.0 Å². The van der Waals surface area contributed by atoms with Crippen LogP contribution in [0, 0.1) is 5.82 Å². The Hall–Kier alpha value is -3.02. The van der Waals surface area contributed by atoms with Crippen molar-refractivity contribution in [1.82, 2.24) is 19.9 Å². The summed E-state index contributed by atoms with van der Waals surface area (Å²) < 4.78 is 14.7. The third-order valence-electron chi connectivity index (χ3n) is 4.88. The first-order valence-corrected chi connectivity index (χ1v) is 9.38. The first-order valence-electron chi connectivity index (χ1n) is 9.38. The normalized spacial score (nSPS) is 19.2. The molecule has 0 aliphatic carbocycles. The van der Waals surface area contributed by atoms with E-state index >= 15 is 0 Å². The Balaban J connectivity index is 1.82. The highest BCUT2D eigenvalue weighted by Gasteiger charge is 2.33. The number of aromatic nitrogens is 3. The van der Waals surface area contributed by atoms with Crippen LogP contribution in [0.2, 0.25) is 0 Å². The van der Waals surface area contributed by atoms with Gasteiger partial charge in [0.2, 0.25) is 0 Å². The Morgan fingerprint density at radius 3 is 2.64 bits per heavy atom. The van der Waals surface area contributed by atoms with Crippen LogP contribution in [0.25, 0.3) is 0 Å². The highest BCUT2D eigenvalue weighted by Crippen LogP contribution is 2.28. The number of nitrogens with zero attached hydrogens (tertiary/aromatic N) is 4. The first-order chi connectivity index (χ1) is 13.5. The lowest BCUT2D eigenvalue weighted by molar-refractivity contribution is 0.0595. The Bertz CT molecular complexity index is 884. The van der Waals surface area contributed by atoms with Crippen molar-refractivity contribution >= 4 is 5.91 Å². The molecule has 2 atom stereocenters. The van der Waals surface area contributed by atoms with Crippen LogP contribution in [0.3, 0.4) is 0 Å². The van der Waals surface area contributed by atoms with Crippen molar-refractivity contribution in [3.05, 3.63) is 84.5 Å². The van der Waals surface area contributed by atoms with E-state index in [1.54, 1.807) is 23.0 Å². The Morgan fingerprint density at radius 1 is 1.25 bits per heavy atom. The van der Waals surface area contributed by atoms with Crippen LogP contribution >= 0.6 is 0 Å². The molecule has 2 aromatic rings. The number of benzene rings is 1. The van der Waals surface area contributed by atoms with Gasteiger partial charge in [-0.3, -0.25) is 4.79 Å². The highest BCUT2D eigenvalue weighted by molar-refractivity contribution is 5.92. The predicted octanol–water partition coefficient (Wildman–Crippen LogP) is 4.15. The van der Waals surface area contributed by atoms with Crippen molar-refractivity contribution in [3.63, 3.8) is 0 Å². The van der Waals surface area contributed by atoms with E-state index in [4.69, 9.17) is 0 Å². The number of carbonyl (C=O) groups excluding carboxylic acids is 1. The third kappa shape index (κ3) is 4.44. The predicted molar refractivity (Wildman–Crippen MR) is 107 cm³/mol. The topological polar surface area (TPSA) is 51.0 Å². The van der Waals surface area contributed by atoms with E-state index in [-0.39, 0.29) is 23.8 Å². The van der Waals surface area contributed by atoms with Crippen LogP contribution in [0.15, 0.2) is 67.4 Å². The number of halogens is 1. The van der Waals surface area contributed by atoms with Crippen molar-refractivity contribution in [2.24, 2.45) is 0 Å². The summed E-state index contributed by atoms with van der Waals surface area (Å²) in [6.45, 7) is 10.2. The van der Waals surface area contributed by atoms with Crippen LogP contribution in [0.1, 0.15) is 42.2 Å². The molecule has 3 rings (SSSR count). The smallest absolute Gasteiger partial charge is 0.276 e. The van der Waals surface area contributed by atoms with Gasteiger partial charge in [-0.15, -0.1) is 18.3 Å². The van der Waals surface area contributed by atoms with Crippen molar-refractivity contribution in [1.29, 1.82) is 0 Å². The third-order valence-corrected chi connectivity index (χ3v) is 4.88. The molecule has 28 heavy (non-hydrogen) atoms. The summed E-state index contributed by atoms with van der Waals surface area (Å²) in [6.07, 6.45) is 9.66. The minimum Gasteiger partial charge on any atom is -0.327 e. The van der Waals surface area contributed by atoms with Gasteiger partial charge in [-0.1, -0.05) is 41.1 Å². The van der Waals surface area contributed by atoms with E-state index in [2.05, 4.69) is 36.5 Å². The van der Waals surface area contributed by atoms with E-state index in [9.17, 15) is 9.18 Å². The molecule has 0 saturated heterocycles. The van der Waals surface area contributed by atoms with Gasteiger partial charge in [0.1, 0.15) is 5.82 Å². The average molecular weight is 380 g/mol. The van der Waals surface area contributed by atoms with Gasteiger partial charge in [0.15, 0.2) is 5.69 Å². The molecular formula is C22H25FN4O. The molecule has 2 heterocycles. The molecule has 0 N–H and O–H groups in total. The molecule has 5 nitrogen and oxygen atoms in total. The van der Waals surface area contributed by atoms with Gasteiger partial charge < -0.3 is 4.90 Å². The largest absolute Gasteiger partial charge is 0.327 e. The zero-order valence-corrected chi connectivity index (χ0v) is 16.1. The summed E-state index contributed by atoms with van der Waals surface area (Å²) in [6, 6.07) is 6.18. The van der Waals surface area contributed by atoms with Crippen LogP contribution < -0.4 is 0 Å². The summed E-state index contributed by atoms with van der Waals surface area (Å²) in [4.78, 5) is 15.1. The minimum absolute atomic E-state index is 0.0437. The quantitative estimate of drug-likeness (QED) is 0.678. The average Bonchev–Trinajstić information content (AvgIpc) is 3.12. The van der Waals surface area contributed by atoms with Gasteiger partial charge >= 0.3 is 0 Å². The Kier molecular flexibility index (Phi) is 6.19. The van der Waals surface area contributed by atoms with Crippen molar-refractivity contribution in [2.75, 3.05) is 0 Å². The van der Waals surface area contributed by atoms with Gasteiger partial charge in [0.05, 0.1) is 18.8 Å². The van der Waals surface area contributed by atoms with Crippen molar-refractivity contribution < 1.29 is 9.18 Å². The minimum atomic E-state index is -0.284. The maximum atomic E-state index is 13.2. The van der Waals surface area contributed by atoms with Crippen LogP contribution in [-0.2, 0) is 6.54 Å². The van der Waals surface area contributed by atoms with Gasteiger partial charge in [-0.2, -0.15) is 0 Å². The number of rotatable bonds is 7. The lowest BCUT2D eigenvalue weighted by atomic mass is 9.92. The molecule has 1 aromatic carbocycles. The van der Waals surface area contributed by atoms with Gasteiger partial charge in [-0.05, 0) is 43.9 Å². The summed E-state index contributed by atoms with van der Waals surface area (Å²) in [5.74, 6) is -0.430. The van der Waals surface area contributed by atoms with E-state index in [1.165, 1.54) is 17.7 Å². The van der Waals surface area contributed by atoms with E-state index in [1.807, 2.05) is 17.1 Å². The molecule has 0 saturated carbocycles. The van der Waals surface area contributed by atoms with Crippen molar-refractivity contribution in [3.8, 4) is 0 Å². The second-order valence-corrected chi connectivity index (χ2v) is 7.13. The monoisotopic (exact) mass is 380 g/mol. The molecule has 0 radical (unpaired) electrons. The molecule has 1 aliphatic rings. The second-order valence-electron chi connectivity index (χ2n) is 7.13. The maximum absolute atomic E-state index is 13.2. The van der Waals surface area contributed by atoms with E-state index < -0.39 is 0 Å². The lowest BCUT2D eigenvalue weighted by Gasteiger charge is -2.40. The molecule has 146 valence electrons. The number of hydrogen-bond donors (Lipinski definition) is 0. The molecule has 1 aromatic heterocycles. The molecule has 1 aliphatic heterocycles. The van der Waals surface area contributed by atoms with Crippen LogP contribution in [0.4, 0.5) is 4.39 Å². The van der Waals surface area contributed by atoms with Gasteiger partial charge in [0, 0.05) is 6.04 Å². The zero-order valence-electron chi connectivity index (χ0n) is 16.1. The first kappa shape index (κ1) is 19.7. The summed E-state index contributed by atoms with van der Waals surface area (Å²) in [5, 5.41) is 8.17. The SMILES string of the molecule is C=CC[C@H]1CC(C)=C[C@H](CC=C)N1C(=O)c1cn(Cc2ccc(F)cc2)nn1. The van der Waals surface area contributed by atoms with Gasteiger partial charge in [-0.25, -0.2) is 9.07 Å². The Labute approximate surface area is 164 Å². The molecule has 0 spiro atoms. The molecule has 1 amide bonds. The molecule has 0 bridgehead atoms. The van der Waals surface area contributed by atoms with Gasteiger partial charge in [0.25, 0.3) is 5.91 Å². The standard InChI is InChI=1S/C22H25FN4O/c1-4-6-19-12-16(3)13-20(7-5-2)27(19)22(28)21-15-26(25-24-21)14-17-8-10-18(23)11-9-17/h4-5,8-12,15,19-20H,1-2,6-7,13-14H2,3H3/t19-,20-/m0/s1.